The third-order valence-corrected chi connectivity index (χ3v) is 3.89. The van der Waals surface area contributed by atoms with Gasteiger partial charge in [-0.2, -0.15) is 0 Å². The zero-order valence-electron chi connectivity index (χ0n) is 13.7. The lowest BCUT2D eigenvalue weighted by atomic mass is 10.1. The smallest absolute Gasteiger partial charge is 0.274 e. The van der Waals surface area contributed by atoms with E-state index < -0.39 is 0 Å². The zero-order chi connectivity index (χ0) is 16.0. The maximum atomic E-state index is 12.8. The molecule has 118 valence electrons. The van der Waals surface area contributed by atoms with E-state index in [1.807, 2.05) is 18.7 Å². The molecule has 0 saturated heterocycles. The second-order valence-electron chi connectivity index (χ2n) is 5.69. The van der Waals surface area contributed by atoms with E-state index in [9.17, 15) is 4.79 Å². The Morgan fingerprint density at radius 1 is 1.33 bits per heavy atom. The Morgan fingerprint density at radius 2 is 2.00 bits per heavy atom. The first-order valence-corrected chi connectivity index (χ1v) is 8.13. The lowest BCUT2D eigenvalue weighted by Gasteiger charge is -2.28. The highest BCUT2D eigenvalue weighted by Gasteiger charge is 2.24. The Bertz CT molecular complexity index is 477. The van der Waals surface area contributed by atoms with E-state index in [-0.39, 0.29) is 17.9 Å². The first-order valence-electron chi connectivity index (χ1n) is 7.75. The first kappa shape index (κ1) is 17.9. The lowest BCUT2D eigenvalue weighted by Crippen LogP contribution is -2.39. The minimum absolute atomic E-state index is 0.0906. The predicted molar refractivity (Wildman–Crippen MR) is 86.8 cm³/mol. The molecule has 0 N–H and O–H groups in total. The fourth-order valence-corrected chi connectivity index (χ4v) is 2.19. The summed E-state index contributed by atoms with van der Waals surface area (Å²) in [6, 6.07) is 0.178. The molecule has 1 unspecified atom stereocenters. The van der Waals surface area contributed by atoms with Crippen molar-refractivity contribution in [1.29, 1.82) is 0 Å². The van der Waals surface area contributed by atoms with Crippen LogP contribution in [0.2, 0.25) is 5.02 Å². The van der Waals surface area contributed by atoms with Gasteiger partial charge in [-0.15, -0.1) is 0 Å². The van der Waals surface area contributed by atoms with Crippen LogP contribution in [0.3, 0.4) is 0 Å². The van der Waals surface area contributed by atoms with Gasteiger partial charge in [0.05, 0.1) is 11.2 Å². The van der Waals surface area contributed by atoms with Crippen molar-refractivity contribution in [1.82, 2.24) is 14.9 Å². The van der Waals surface area contributed by atoms with Gasteiger partial charge in [-0.25, -0.2) is 9.97 Å². The summed E-state index contributed by atoms with van der Waals surface area (Å²) in [5, 5.41) is 0.328. The third kappa shape index (κ3) is 4.67. The van der Waals surface area contributed by atoms with Crippen LogP contribution in [0.25, 0.3) is 0 Å². The molecule has 1 rings (SSSR count). The summed E-state index contributed by atoms with van der Waals surface area (Å²) in [4.78, 5) is 23.3. The average Bonchev–Trinajstić information content (AvgIpc) is 2.47. The normalized spacial score (nSPS) is 12.5. The molecule has 0 aliphatic carbocycles. The SMILES string of the molecule is CCCCN(C(=O)c1nc(C(C)C)ncc1Cl)C(C)CC. The van der Waals surface area contributed by atoms with Crippen LogP contribution in [0.5, 0.6) is 0 Å². The zero-order valence-corrected chi connectivity index (χ0v) is 14.4. The van der Waals surface area contributed by atoms with Gasteiger partial charge in [-0.3, -0.25) is 4.79 Å². The molecule has 4 nitrogen and oxygen atoms in total. The number of rotatable bonds is 7. The van der Waals surface area contributed by atoms with Crippen LogP contribution in [0.1, 0.15) is 76.1 Å². The Labute approximate surface area is 132 Å². The van der Waals surface area contributed by atoms with E-state index in [0.717, 1.165) is 25.8 Å². The molecule has 0 saturated carbocycles. The molecular weight excluding hydrogens is 286 g/mol. The molecule has 1 aromatic heterocycles. The quantitative estimate of drug-likeness (QED) is 0.754. The number of aromatic nitrogens is 2. The Hall–Kier alpha value is -1.16. The fraction of sp³-hybridized carbons (Fsp3) is 0.688. The third-order valence-electron chi connectivity index (χ3n) is 3.62. The van der Waals surface area contributed by atoms with Gasteiger partial charge >= 0.3 is 0 Å². The highest BCUT2D eigenvalue weighted by molar-refractivity contribution is 6.33. The summed E-state index contributed by atoms with van der Waals surface area (Å²) in [5.41, 5.74) is 0.326. The molecule has 21 heavy (non-hydrogen) atoms. The second-order valence-corrected chi connectivity index (χ2v) is 6.10. The van der Waals surface area contributed by atoms with Gasteiger partial charge in [0.1, 0.15) is 5.82 Å². The van der Waals surface area contributed by atoms with Gasteiger partial charge < -0.3 is 4.90 Å². The first-order chi connectivity index (χ1) is 9.92. The molecule has 1 aromatic rings. The molecule has 0 aliphatic heterocycles. The standard InChI is InChI=1S/C16H26ClN3O/c1-6-8-9-20(12(5)7-2)16(21)14-13(17)10-18-15(19-14)11(3)4/h10-12H,6-9H2,1-5H3. The Morgan fingerprint density at radius 3 is 2.52 bits per heavy atom. The van der Waals surface area contributed by atoms with Gasteiger partial charge in [0, 0.05) is 18.5 Å². The number of halogens is 1. The topological polar surface area (TPSA) is 46.1 Å². The highest BCUT2D eigenvalue weighted by atomic mass is 35.5. The fourth-order valence-electron chi connectivity index (χ4n) is 2.02. The van der Waals surface area contributed by atoms with E-state index in [4.69, 9.17) is 11.6 Å². The van der Waals surface area contributed by atoms with Crippen molar-refractivity contribution in [3.63, 3.8) is 0 Å². The van der Waals surface area contributed by atoms with E-state index in [1.165, 1.54) is 6.20 Å². The maximum absolute atomic E-state index is 12.8. The summed E-state index contributed by atoms with van der Waals surface area (Å²) in [7, 11) is 0. The maximum Gasteiger partial charge on any atom is 0.274 e. The Balaban J connectivity index is 3.10. The number of nitrogens with zero attached hydrogens (tertiary/aromatic N) is 3. The molecule has 5 heteroatoms. The van der Waals surface area contributed by atoms with Crippen LogP contribution in [0.4, 0.5) is 0 Å². The number of carbonyl (C=O) groups excluding carboxylic acids is 1. The van der Waals surface area contributed by atoms with Crippen LogP contribution in [0, 0.1) is 0 Å². The van der Waals surface area contributed by atoms with Crippen molar-refractivity contribution in [2.75, 3.05) is 6.54 Å². The van der Waals surface area contributed by atoms with E-state index in [0.29, 0.717) is 16.5 Å². The summed E-state index contributed by atoms with van der Waals surface area (Å²) in [5.74, 6) is 0.732. The van der Waals surface area contributed by atoms with E-state index in [1.54, 1.807) is 0 Å². The highest BCUT2D eigenvalue weighted by Crippen LogP contribution is 2.20. The van der Waals surface area contributed by atoms with Crippen LogP contribution < -0.4 is 0 Å². The van der Waals surface area contributed by atoms with Crippen molar-refractivity contribution in [2.24, 2.45) is 0 Å². The van der Waals surface area contributed by atoms with Crippen molar-refractivity contribution in [3.8, 4) is 0 Å². The monoisotopic (exact) mass is 311 g/mol. The average molecular weight is 312 g/mol. The van der Waals surface area contributed by atoms with Crippen molar-refractivity contribution < 1.29 is 4.79 Å². The molecule has 0 aliphatic rings. The molecule has 0 aromatic carbocycles. The van der Waals surface area contributed by atoms with Gasteiger partial charge in [0.25, 0.3) is 5.91 Å². The van der Waals surface area contributed by atoms with Gasteiger partial charge in [-0.05, 0) is 19.8 Å². The van der Waals surface area contributed by atoms with Gasteiger partial charge in [0.2, 0.25) is 0 Å². The molecule has 1 heterocycles. The van der Waals surface area contributed by atoms with Crippen LogP contribution >= 0.6 is 11.6 Å². The predicted octanol–water partition coefficient (Wildman–Crippen LogP) is 4.29. The number of carbonyl (C=O) groups is 1. The summed E-state index contributed by atoms with van der Waals surface area (Å²) < 4.78 is 0. The van der Waals surface area contributed by atoms with Gasteiger partial charge in [-0.1, -0.05) is 45.7 Å². The van der Waals surface area contributed by atoms with Crippen molar-refractivity contribution in [3.05, 3.63) is 22.7 Å². The molecular formula is C16H26ClN3O. The number of hydrogen-bond donors (Lipinski definition) is 0. The largest absolute Gasteiger partial charge is 0.335 e. The summed E-state index contributed by atoms with van der Waals surface area (Å²) in [6.45, 7) is 11.0. The molecule has 0 spiro atoms. The number of hydrogen-bond acceptors (Lipinski definition) is 3. The van der Waals surface area contributed by atoms with Crippen LogP contribution in [-0.4, -0.2) is 33.4 Å². The second kappa shape index (κ2) is 8.32. The minimum Gasteiger partial charge on any atom is -0.335 e. The summed E-state index contributed by atoms with van der Waals surface area (Å²) in [6.07, 6.45) is 4.48. The molecule has 1 amide bonds. The number of amides is 1. The van der Waals surface area contributed by atoms with Crippen molar-refractivity contribution in [2.45, 2.75) is 65.8 Å². The summed E-state index contributed by atoms with van der Waals surface area (Å²) >= 11 is 6.15. The number of unbranched alkanes of at least 4 members (excludes halogenated alkanes) is 1. The molecule has 1 atom stereocenters. The minimum atomic E-state index is -0.0906. The van der Waals surface area contributed by atoms with Gasteiger partial charge in [0.15, 0.2) is 5.69 Å². The van der Waals surface area contributed by atoms with E-state index >= 15 is 0 Å². The van der Waals surface area contributed by atoms with Crippen LogP contribution in [-0.2, 0) is 0 Å². The molecule has 0 radical (unpaired) electrons. The molecule has 0 bridgehead atoms. The van der Waals surface area contributed by atoms with Crippen molar-refractivity contribution >= 4 is 17.5 Å². The van der Waals surface area contributed by atoms with E-state index in [2.05, 4.69) is 30.7 Å². The van der Waals surface area contributed by atoms with Crippen LogP contribution in [0.15, 0.2) is 6.20 Å². The molecule has 0 fully saturated rings. The lowest BCUT2D eigenvalue weighted by molar-refractivity contribution is 0.0679. The Kier molecular flexibility index (Phi) is 7.09.